The number of likely N-dealkylation sites (tertiary alicyclic amines) is 1. The summed E-state index contributed by atoms with van der Waals surface area (Å²) in [5.41, 5.74) is 2.07. The molecule has 1 aromatic carbocycles. The van der Waals surface area contributed by atoms with Crippen molar-refractivity contribution < 1.29 is 14.3 Å². The van der Waals surface area contributed by atoms with Crippen LogP contribution < -0.4 is 9.47 Å². The summed E-state index contributed by atoms with van der Waals surface area (Å²) >= 11 is 0. The predicted molar refractivity (Wildman–Crippen MR) is 102 cm³/mol. The predicted octanol–water partition coefficient (Wildman–Crippen LogP) is 4.23. The van der Waals surface area contributed by atoms with Crippen molar-refractivity contribution in [2.45, 2.75) is 46.1 Å². The van der Waals surface area contributed by atoms with Crippen LogP contribution in [0.15, 0.2) is 18.2 Å². The Morgan fingerprint density at radius 2 is 1.81 bits per heavy atom. The first-order valence-electron chi connectivity index (χ1n) is 9.29. The number of fused-ring (bicyclic) bond motifs is 3. The lowest BCUT2D eigenvalue weighted by molar-refractivity contribution is 0.0703. The number of aromatic amines is 1. The van der Waals surface area contributed by atoms with E-state index in [0.29, 0.717) is 28.6 Å². The van der Waals surface area contributed by atoms with E-state index in [9.17, 15) is 4.79 Å². The number of H-pyrrole nitrogens is 1. The fourth-order valence-corrected chi connectivity index (χ4v) is 5.43. The first kappa shape index (κ1) is 17.3. The van der Waals surface area contributed by atoms with E-state index < -0.39 is 0 Å². The molecule has 0 radical (unpaired) electrons. The standard InChI is InChI=1S/C21H28N2O3/c1-20(2)9-14-10-21(3,11-20)12-23(14)19(24)16-6-13-7-17(25-4)18(26-5)8-15(13)22-16/h6-8,14,22H,9-12H2,1-5H3. The van der Waals surface area contributed by atoms with Crippen molar-refractivity contribution >= 4 is 16.8 Å². The van der Waals surface area contributed by atoms with Crippen LogP contribution in [-0.2, 0) is 0 Å². The fourth-order valence-electron chi connectivity index (χ4n) is 5.43. The van der Waals surface area contributed by atoms with Crippen molar-refractivity contribution in [1.82, 2.24) is 9.88 Å². The van der Waals surface area contributed by atoms with E-state index in [2.05, 4.69) is 30.7 Å². The minimum atomic E-state index is 0.102. The lowest BCUT2D eigenvalue weighted by Crippen LogP contribution is -2.37. The molecule has 5 nitrogen and oxygen atoms in total. The number of nitrogens with zero attached hydrogens (tertiary/aromatic N) is 1. The number of ether oxygens (including phenoxy) is 2. The smallest absolute Gasteiger partial charge is 0.270 e. The van der Waals surface area contributed by atoms with E-state index >= 15 is 0 Å². The van der Waals surface area contributed by atoms with Crippen LogP contribution in [0, 0.1) is 10.8 Å². The lowest BCUT2D eigenvalue weighted by atomic mass is 9.65. The molecule has 1 saturated heterocycles. The third kappa shape index (κ3) is 2.74. The van der Waals surface area contributed by atoms with E-state index in [1.807, 2.05) is 18.2 Å². The van der Waals surface area contributed by atoms with Crippen molar-refractivity contribution in [1.29, 1.82) is 0 Å². The first-order chi connectivity index (χ1) is 12.2. The van der Waals surface area contributed by atoms with Crippen LogP contribution in [0.4, 0.5) is 0 Å². The summed E-state index contributed by atoms with van der Waals surface area (Å²) in [6.45, 7) is 7.83. The molecule has 140 valence electrons. The second kappa shape index (κ2) is 5.66. The van der Waals surface area contributed by atoms with Gasteiger partial charge in [-0.15, -0.1) is 0 Å². The molecule has 26 heavy (non-hydrogen) atoms. The molecule has 1 amide bonds. The van der Waals surface area contributed by atoms with Crippen molar-refractivity contribution in [3.63, 3.8) is 0 Å². The maximum absolute atomic E-state index is 13.3. The number of aromatic nitrogens is 1. The Bertz CT molecular complexity index is 829. The molecule has 1 aliphatic heterocycles. The monoisotopic (exact) mass is 356 g/mol. The Morgan fingerprint density at radius 1 is 1.12 bits per heavy atom. The molecule has 2 bridgehead atoms. The van der Waals surface area contributed by atoms with Gasteiger partial charge in [0, 0.05) is 29.6 Å². The van der Waals surface area contributed by atoms with E-state index in [4.69, 9.17) is 9.47 Å². The van der Waals surface area contributed by atoms with E-state index in [-0.39, 0.29) is 11.3 Å². The number of benzene rings is 1. The Labute approximate surface area is 154 Å². The number of carbonyl (C=O) groups excluding carboxylic acids is 1. The maximum Gasteiger partial charge on any atom is 0.270 e. The molecule has 2 atom stereocenters. The van der Waals surface area contributed by atoms with Gasteiger partial charge in [-0.1, -0.05) is 20.8 Å². The van der Waals surface area contributed by atoms with Gasteiger partial charge in [-0.2, -0.15) is 0 Å². The van der Waals surface area contributed by atoms with Crippen LogP contribution >= 0.6 is 0 Å². The summed E-state index contributed by atoms with van der Waals surface area (Å²) in [5.74, 6) is 1.43. The summed E-state index contributed by atoms with van der Waals surface area (Å²) in [6.07, 6.45) is 3.38. The average molecular weight is 356 g/mol. The molecule has 4 rings (SSSR count). The van der Waals surface area contributed by atoms with Gasteiger partial charge in [-0.25, -0.2) is 0 Å². The minimum Gasteiger partial charge on any atom is -0.493 e. The van der Waals surface area contributed by atoms with E-state index in [0.717, 1.165) is 30.3 Å². The maximum atomic E-state index is 13.3. The van der Waals surface area contributed by atoms with Crippen LogP contribution in [0.25, 0.3) is 10.9 Å². The summed E-state index contributed by atoms with van der Waals surface area (Å²) in [7, 11) is 3.24. The molecule has 2 aliphatic rings. The zero-order valence-electron chi connectivity index (χ0n) is 16.3. The van der Waals surface area contributed by atoms with Crippen molar-refractivity contribution in [2.75, 3.05) is 20.8 Å². The number of hydrogen-bond acceptors (Lipinski definition) is 3. The third-order valence-electron chi connectivity index (χ3n) is 6.03. The highest BCUT2D eigenvalue weighted by molar-refractivity contribution is 5.99. The number of amides is 1. The molecule has 5 heteroatoms. The summed E-state index contributed by atoms with van der Waals surface area (Å²) in [4.78, 5) is 18.6. The highest BCUT2D eigenvalue weighted by Crippen LogP contribution is 2.52. The van der Waals surface area contributed by atoms with Crippen molar-refractivity contribution in [3.8, 4) is 11.5 Å². The highest BCUT2D eigenvalue weighted by atomic mass is 16.5. The second-order valence-corrected chi connectivity index (χ2v) is 9.12. The number of methoxy groups -OCH3 is 2. The van der Waals surface area contributed by atoms with Gasteiger partial charge in [-0.05, 0) is 42.2 Å². The van der Waals surface area contributed by atoms with Crippen molar-refractivity contribution in [3.05, 3.63) is 23.9 Å². The van der Waals surface area contributed by atoms with Gasteiger partial charge >= 0.3 is 0 Å². The Hall–Kier alpha value is -2.17. The minimum absolute atomic E-state index is 0.102. The van der Waals surface area contributed by atoms with Gasteiger partial charge in [0.15, 0.2) is 11.5 Å². The summed E-state index contributed by atoms with van der Waals surface area (Å²) < 4.78 is 10.7. The third-order valence-corrected chi connectivity index (χ3v) is 6.03. The Morgan fingerprint density at radius 3 is 2.50 bits per heavy atom. The van der Waals surface area contributed by atoms with Crippen LogP contribution in [0.3, 0.4) is 0 Å². The van der Waals surface area contributed by atoms with E-state index in [1.165, 1.54) is 6.42 Å². The second-order valence-electron chi connectivity index (χ2n) is 9.12. The first-order valence-corrected chi connectivity index (χ1v) is 9.29. The number of carbonyl (C=O) groups is 1. The molecule has 1 N–H and O–H groups in total. The van der Waals surface area contributed by atoms with Gasteiger partial charge in [0.25, 0.3) is 5.91 Å². The molecule has 2 unspecified atom stereocenters. The molecule has 2 fully saturated rings. The van der Waals surface area contributed by atoms with Gasteiger partial charge in [0.1, 0.15) is 5.69 Å². The zero-order chi connectivity index (χ0) is 18.7. The zero-order valence-corrected chi connectivity index (χ0v) is 16.3. The van der Waals surface area contributed by atoms with Gasteiger partial charge in [0.05, 0.1) is 14.2 Å². The molecular weight excluding hydrogens is 328 g/mol. The lowest BCUT2D eigenvalue weighted by Gasteiger charge is -2.39. The molecule has 0 spiro atoms. The quantitative estimate of drug-likeness (QED) is 0.895. The highest BCUT2D eigenvalue weighted by Gasteiger charge is 2.51. The molecule has 2 heterocycles. The Balaban J connectivity index is 1.67. The largest absolute Gasteiger partial charge is 0.493 e. The molecule has 1 aromatic heterocycles. The van der Waals surface area contributed by atoms with Crippen LogP contribution in [0.2, 0.25) is 0 Å². The Kier molecular flexibility index (Phi) is 3.76. The van der Waals surface area contributed by atoms with Gasteiger partial charge in [0.2, 0.25) is 0 Å². The summed E-state index contributed by atoms with van der Waals surface area (Å²) in [5, 5.41) is 0.958. The fraction of sp³-hybridized carbons (Fsp3) is 0.571. The van der Waals surface area contributed by atoms with Crippen molar-refractivity contribution in [2.24, 2.45) is 10.8 Å². The van der Waals surface area contributed by atoms with E-state index in [1.54, 1.807) is 14.2 Å². The van der Waals surface area contributed by atoms with Crippen LogP contribution in [-0.4, -0.2) is 42.6 Å². The van der Waals surface area contributed by atoms with Crippen LogP contribution in [0.1, 0.15) is 50.5 Å². The van der Waals surface area contributed by atoms with Gasteiger partial charge < -0.3 is 19.4 Å². The normalized spacial score (nSPS) is 27.0. The van der Waals surface area contributed by atoms with Gasteiger partial charge in [-0.3, -0.25) is 4.79 Å². The molecular formula is C21H28N2O3. The molecule has 2 aromatic rings. The SMILES string of the molecule is COc1cc2cc(C(=O)N3CC4(C)CC3CC(C)(C)C4)[nH]c2cc1OC. The number of hydrogen-bond donors (Lipinski definition) is 1. The van der Waals surface area contributed by atoms with Crippen LogP contribution in [0.5, 0.6) is 11.5 Å². The molecule has 1 aliphatic carbocycles. The average Bonchev–Trinajstić information content (AvgIpc) is 3.09. The number of nitrogens with one attached hydrogen (secondary N) is 1. The molecule has 1 saturated carbocycles. The topological polar surface area (TPSA) is 54.6 Å². The number of rotatable bonds is 3. The summed E-state index contributed by atoms with van der Waals surface area (Å²) in [6, 6.07) is 6.06.